The molecular weight excluding hydrogens is 208 g/mol. The summed E-state index contributed by atoms with van der Waals surface area (Å²) < 4.78 is 0. The summed E-state index contributed by atoms with van der Waals surface area (Å²) in [5.41, 5.74) is 1.17. The normalized spacial score (nSPS) is 9.62. The monoisotopic (exact) mass is 222 g/mol. The van der Waals surface area contributed by atoms with Gasteiger partial charge in [-0.05, 0) is 24.3 Å². The van der Waals surface area contributed by atoms with E-state index < -0.39 is 0 Å². The predicted octanol–water partition coefficient (Wildman–Crippen LogP) is 0.955. The molecule has 0 heterocycles. The molecule has 0 spiro atoms. The molecule has 86 valence electrons. The highest BCUT2D eigenvalue weighted by atomic mass is 16.3. The molecule has 1 aromatic rings. The van der Waals surface area contributed by atoms with E-state index in [0.717, 1.165) is 6.29 Å². The molecule has 5 nitrogen and oxygen atoms in total. The van der Waals surface area contributed by atoms with E-state index in [1.165, 1.54) is 4.90 Å². The Balaban J connectivity index is 2.58. The maximum atomic E-state index is 11.5. The minimum atomic E-state index is -0.298. The smallest absolute Gasteiger partial charge is 0.321 e. The largest absolute Gasteiger partial charge is 0.395 e. The lowest BCUT2D eigenvalue weighted by Crippen LogP contribution is -2.33. The maximum Gasteiger partial charge on any atom is 0.321 e. The number of rotatable bonds is 4. The number of hydrogen-bond acceptors (Lipinski definition) is 3. The van der Waals surface area contributed by atoms with Crippen LogP contribution in [0.15, 0.2) is 24.3 Å². The topological polar surface area (TPSA) is 69.6 Å². The second kappa shape index (κ2) is 5.87. The lowest BCUT2D eigenvalue weighted by molar-refractivity contribution is 0.112. The first-order valence-corrected chi connectivity index (χ1v) is 4.85. The first kappa shape index (κ1) is 12.2. The number of aldehydes is 1. The number of carbonyl (C=O) groups excluding carboxylic acids is 2. The fourth-order valence-corrected chi connectivity index (χ4v) is 1.12. The van der Waals surface area contributed by atoms with E-state index in [1.807, 2.05) is 0 Å². The van der Waals surface area contributed by atoms with Crippen molar-refractivity contribution in [3.63, 3.8) is 0 Å². The number of nitrogens with one attached hydrogen (secondary N) is 1. The van der Waals surface area contributed by atoms with Gasteiger partial charge >= 0.3 is 6.03 Å². The van der Waals surface area contributed by atoms with Crippen LogP contribution in [0.1, 0.15) is 10.4 Å². The molecule has 0 bridgehead atoms. The summed E-state index contributed by atoms with van der Waals surface area (Å²) in [5.74, 6) is 0. The van der Waals surface area contributed by atoms with Gasteiger partial charge in [0.25, 0.3) is 0 Å². The van der Waals surface area contributed by atoms with Crippen LogP contribution in [0.4, 0.5) is 10.5 Å². The first-order valence-electron chi connectivity index (χ1n) is 4.85. The van der Waals surface area contributed by atoms with Crippen LogP contribution in [0.2, 0.25) is 0 Å². The molecule has 0 atom stereocenters. The van der Waals surface area contributed by atoms with Crippen LogP contribution in [-0.2, 0) is 0 Å². The maximum absolute atomic E-state index is 11.5. The third kappa shape index (κ3) is 3.36. The van der Waals surface area contributed by atoms with Gasteiger partial charge in [-0.1, -0.05) is 0 Å². The van der Waals surface area contributed by atoms with Crippen LogP contribution < -0.4 is 5.32 Å². The number of aliphatic hydroxyl groups is 1. The Labute approximate surface area is 93.7 Å². The van der Waals surface area contributed by atoms with Gasteiger partial charge in [0.1, 0.15) is 6.29 Å². The summed E-state index contributed by atoms with van der Waals surface area (Å²) in [5, 5.41) is 11.3. The molecule has 0 radical (unpaired) electrons. The second-order valence-electron chi connectivity index (χ2n) is 3.32. The molecule has 0 aromatic heterocycles. The molecule has 1 rings (SSSR count). The number of benzene rings is 1. The Morgan fingerprint density at radius 3 is 2.56 bits per heavy atom. The van der Waals surface area contributed by atoms with Crippen LogP contribution in [0.3, 0.4) is 0 Å². The molecule has 16 heavy (non-hydrogen) atoms. The van der Waals surface area contributed by atoms with E-state index in [9.17, 15) is 9.59 Å². The van der Waals surface area contributed by atoms with Crippen LogP contribution in [0, 0.1) is 0 Å². The first-order chi connectivity index (χ1) is 7.67. The Kier molecular flexibility index (Phi) is 4.47. The highest BCUT2D eigenvalue weighted by Crippen LogP contribution is 2.08. The summed E-state index contributed by atoms with van der Waals surface area (Å²) in [6, 6.07) is 6.24. The van der Waals surface area contributed by atoms with Crippen molar-refractivity contribution < 1.29 is 14.7 Å². The summed E-state index contributed by atoms with van der Waals surface area (Å²) in [6.07, 6.45) is 0.740. The van der Waals surface area contributed by atoms with Gasteiger partial charge in [0.2, 0.25) is 0 Å². The third-order valence-corrected chi connectivity index (χ3v) is 2.08. The van der Waals surface area contributed by atoms with Crippen molar-refractivity contribution >= 4 is 18.0 Å². The molecule has 0 fully saturated rings. The number of urea groups is 1. The van der Waals surface area contributed by atoms with Crippen molar-refractivity contribution in [1.82, 2.24) is 4.90 Å². The fraction of sp³-hybridized carbons (Fsp3) is 0.273. The molecule has 0 aliphatic carbocycles. The predicted molar refractivity (Wildman–Crippen MR) is 60.6 cm³/mol. The van der Waals surface area contributed by atoms with Gasteiger partial charge in [-0.3, -0.25) is 4.79 Å². The number of hydrogen-bond donors (Lipinski definition) is 2. The zero-order valence-corrected chi connectivity index (χ0v) is 9.01. The van der Waals surface area contributed by atoms with Crippen molar-refractivity contribution in [2.75, 3.05) is 25.5 Å². The molecule has 2 N–H and O–H groups in total. The lowest BCUT2D eigenvalue weighted by atomic mass is 10.2. The molecular formula is C11H14N2O3. The van der Waals surface area contributed by atoms with E-state index in [-0.39, 0.29) is 19.2 Å². The van der Waals surface area contributed by atoms with E-state index in [4.69, 9.17) is 5.11 Å². The van der Waals surface area contributed by atoms with Crippen molar-refractivity contribution in [3.8, 4) is 0 Å². The van der Waals surface area contributed by atoms with Gasteiger partial charge in [-0.2, -0.15) is 0 Å². The quantitative estimate of drug-likeness (QED) is 0.745. The number of amides is 2. The van der Waals surface area contributed by atoms with E-state index in [0.29, 0.717) is 11.3 Å². The third-order valence-electron chi connectivity index (χ3n) is 2.08. The zero-order chi connectivity index (χ0) is 12.0. The van der Waals surface area contributed by atoms with E-state index in [1.54, 1.807) is 31.3 Å². The molecule has 2 amide bonds. The van der Waals surface area contributed by atoms with Gasteiger partial charge in [0.15, 0.2) is 0 Å². The average molecular weight is 222 g/mol. The molecule has 0 aliphatic rings. The van der Waals surface area contributed by atoms with Gasteiger partial charge in [-0.15, -0.1) is 0 Å². The highest BCUT2D eigenvalue weighted by Gasteiger charge is 2.07. The van der Waals surface area contributed by atoms with Gasteiger partial charge in [0, 0.05) is 24.8 Å². The number of aliphatic hydroxyl groups excluding tert-OH is 1. The molecule has 0 saturated carbocycles. The number of nitrogens with zero attached hydrogens (tertiary/aromatic N) is 1. The molecule has 5 heteroatoms. The standard InChI is InChI=1S/C11H14N2O3/c1-13(6-7-14)11(16)12-10-4-2-9(8-15)3-5-10/h2-5,8,14H,6-7H2,1H3,(H,12,16). The number of carbonyl (C=O) groups is 2. The second-order valence-corrected chi connectivity index (χ2v) is 3.32. The van der Waals surface area contributed by atoms with Gasteiger partial charge in [0.05, 0.1) is 6.61 Å². The summed E-state index contributed by atoms with van der Waals surface area (Å²) >= 11 is 0. The number of likely N-dealkylation sites (N-methyl/N-ethyl adjacent to an activating group) is 1. The Hall–Kier alpha value is -1.88. The summed E-state index contributed by atoms with van der Waals surface area (Å²) in [6.45, 7) is 0.201. The van der Waals surface area contributed by atoms with Crippen molar-refractivity contribution in [2.24, 2.45) is 0 Å². The van der Waals surface area contributed by atoms with Crippen molar-refractivity contribution in [3.05, 3.63) is 29.8 Å². The molecule has 0 saturated heterocycles. The number of anilines is 1. The molecule has 0 unspecified atom stereocenters. The van der Waals surface area contributed by atoms with Crippen LogP contribution >= 0.6 is 0 Å². The summed E-state index contributed by atoms with van der Waals surface area (Å²) in [4.78, 5) is 23.3. The highest BCUT2D eigenvalue weighted by molar-refractivity contribution is 5.89. The Bertz CT molecular complexity index is 362. The average Bonchev–Trinajstić information content (AvgIpc) is 2.30. The SMILES string of the molecule is CN(CCO)C(=O)Nc1ccc(C=O)cc1. The summed E-state index contributed by atoms with van der Waals surface area (Å²) in [7, 11) is 1.59. The van der Waals surface area contributed by atoms with Gasteiger partial charge in [-0.25, -0.2) is 4.79 Å². The lowest BCUT2D eigenvalue weighted by Gasteiger charge is -2.16. The van der Waals surface area contributed by atoms with Crippen LogP contribution in [-0.4, -0.2) is 42.5 Å². The Morgan fingerprint density at radius 2 is 2.06 bits per heavy atom. The van der Waals surface area contributed by atoms with Crippen molar-refractivity contribution in [2.45, 2.75) is 0 Å². The van der Waals surface area contributed by atoms with E-state index >= 15 is 0 Å². The van der Waals surface area contributed by atoms with Gasteiger partial charge < -0.3 is 15.3 Å². The van der Waals surface area contributed by atoms with Crippen LogP contribution in [0.25, 0.3) is 0 Å². The molecule has 1 aromatic carbocycles. The Morgan fingerprint density at radius 1 is 1.44 bits per heavy atom. The van der Waals surface area contributed by atoms with E-state index in [2.05, 4.69) is 5.32 Å². The fourth-order valence-electron chi connectivity index (χ4n) is 1.12. The van der Waals surface area contributed by atoms with Crippen molar-refractivity contribution in [1.29, 1.82) is 0 Å². The minimum Gasteiger partial charge on any atom is -0.395 e. The molecule has 0 aliphatic heterocycles. The minimum absolute atomic E-state index is 0.0754. The van der Waals surface area contributed by atoms with Crippen LogP contribution in [0.5, 0.6) is 0 Å². The zero-order valence-electron chi connectivity index (χ0n) is 9.01.